The second-order valence-corrected chi connectivity index (χ2v) is 13.7. The predicted octanol–water partition coefficient (Wildman–Crippen LogP) is 13.3. The summed E-state index contributed by atoms with van der Waals surface area (Å²) in [7, 11) is 0. The van der Waals surface area contributed by atoms with Crippen LogP contribution in [0.3, 0.4) is 0 Å². The molecule has 278 valence electrons. The molecule has 1 N–H and O–H groups in total. The highest BCUT2D eigenvalue weighted by atomic mass is 32.1. The van der Waals surface area contributed by atoms with Crippen molar-refractivity contribution in [2.75, 3.05) is 23.3 Å². The van der Waals surface area contributed by atoms with E-state index in [1.807, 2.05) is 54.6 Å². The van der Waals surface area contributed by atoms with Gasteiger partial charge in [-0.1, -0.05) is 60.7 Å². The van der Waals surface area contributed by atoms with Crippen molar-refractivity contribution in [1.82, 2.24) is 0 Å². The van der Waals surface area contributed by atoms with Crippen LogP contribution in [-0.4, -0.2) is 23.4 Å². The third-order valence-electron chi connectivity index (χ3n) is 9.38. The van der Waals surface area contributed by atoms with Crippen molar-refractivity contribution >= 4 is 56.1 Å². The topological polar surface area (TPSA) is 22.6 Å². The molecule has 1 heterocycles. The Hall–Kier alpha value is -6.57. The zero-order valence-electron chi connectivity index (χ0n) is 30.3. The predicted molar refractivity (Wildman–Crippen MR) is 217 cm³/mol. The number of nitrogens with zero attached hydrogens (tertiary/aromatic N) is 3. The first-order valence-corrected chi connectivity index (χ1v) is 18.7. The number of para-hydroxylation sites is 3. The Morgan fingerprint density at radius 2 is 1.29 bits per heavy atom. The highest BCUT2D eigenvalue weighted by Gasteiger charge is 2.28. The lowest BCUT2D eigenvalue weighted by Crippen LogP contribution is -2.19. The van der Waals surface area contributed by atoms with E-state index in [9.17, 15) is 17.6 Å². The number of rotatable bonds is 10. The Labute approximate surface area is 326 Å². The lowest BCUT2D eigenvalue weighted by atomic mass is 9.91. The number of nitrogens with one attached hydrogen (secondary N) is 1. The van der Waals surface area contributed by atoms with E-state index < -0.39 is 29.1 Å². The van der Waals surface area contributed by atoms with E-state index in [0.717, 1.165) is 5.69 Å². The standard InChI is InChI=1S/C46H33F5N4S/c1-4-54(43-36(48)17-11-18-37(43)49)32-25-21-29(22-26-32)40(30-23-27-33(28-24-30)55(5-2)44-38(50)19-12-20-39(44)51)45-41(34-15-9-10-16-35(34)47)42(52-3)46(56-45)53-31-13-7-6-8-14-31/h6-28H,4-5H2,1-2H3/p+1. The molecule has 6 aromatic rings. The molecule has 1 aliphatic rings. The van der Waals surface area contributed by atoms with Crippen molar-refractivity contribution < 1.29 is 26.5 Å². The molecule has 0 spiro atoms. The summed E-state index contributed by atoms with van der Waals surface area (Å²) in [6.07, 6.45) is 7.15. The molecule has 10 heteroatoms. The number of allylic oxidation sites excluding steroid dienone is 5. The molecular formula is C46H34F5N4S+. The molecule has 0 bridgehead atoms. The van der Waals surface area contributed by atoms with Crippen LogP contribution in [0, 0.1) is 35.7 Å². The number of benzene rings is 5. The zero-order chi connectivity index (χ0) is 39.3. The van der Waals surface area contributed by atoms with Crippen molar-refractivity contribution in [3.05, 3.63) is 196 Å². The van der Waals surface area contributed by atoms with E-state index in [0.29, 0.717) is 43.6 Å². The van der Waals surface area contributed by atoms with Crippen LogP contribution in [0.2, 0.25) is 0 Å². The molecule has 4 nitrogen and oxygen atoms in total. The Bertz CT molecular complexity index is 2540. The second-order valence-electron chi connectivity index (χ2n) is 12.7. The van der Waals surface area contributed by atoms with Gasteiger partial charge in [-0.2, -0.15) is 13.4 Å². The van der Waals surface area contributed by atoms with Gasteiger partial charge >= 0.3 is 0 Å². The fourth-order valence-electron chi connectivity index (χ4n) is 6.83. The molecule has 1 aromatic heterocycles. The maximum Gasteiger partial charge on any atom is 0.277 e. The maximum atomic E-state index is 15.8. The first-order valence-electron chi connectivity index (χ1n) is 17.9. The van der Waals surface area contributed by atoms with Crippen LogP contribution in [0.4, 0.5) is 55.4 Å². The summed E-state index contributed by atoms with van der Waals surface area (Å²) in [6.45, 7) is 12.5. The van der Waals surface area contributed by atoms with E-state index >= 15 is 4.39 Å². The summed E-state index contributed by atoms with van der Waals surface area (Å²) < 4.78 is 77.2. The van der Waals surface area contributed by atoms with Crippen molar-refractivity contribution in [3.8, 4) is 11.1 Å². The van der Waals surface area contributed by atoms with E-state index in [1.165, 1.54) is 53.8 Å². The van der Waals surface area contributed by atoms with E-state index in [-0.39, 0.29) is 35.7 Å². The van der Waals surface area contributed by atoms with Crippen LogP contribution in [-0.2, 0) is 0 Å². The van der Waals surface area contributed by atoms with Crippen LogP contribution in [0.25, 0.3) is 21.5 Å². The van der Waals surface area contributed by atoms with Gasteiger partial charge < -0.3 is 10.2 Å². The van der Waals surface area contributed by atoms with E-state index in [4.69, 9.17) is 6.57 Å². The van der Waals surface area contributed by atoms with Crippen LogP contribution >= 0.6 is 11.3 Å². The van der Waals surface area contributed by atoms with Gasteiger partial charge in [-0.05, 0) is 91.7 Å². The van der Waals surface area contributed by atoms with Crippen molar-refractivity contribution in [2.45, 2.75) is 13.8 Å². The third kappa shape index (κ3) is 7.29. The molecule has 0 unspecified atom stereocenters. The molecule has 5 aromatic carbocycles. The van der Waals surface area contributed by atoms with Crippen LogP contribution in [0.1, 0.15) is 24.3 Å². The number of halogens is 5. The summed E-state index contributed by atoms with van der Waals surface area (Å²) >= 11 is 1.29. The van der Waals surface area contributed by atoms with Gasteiger partial charge in [0.2, 0.25) is 11.4 Å². The lowest BCUT2D eigenvalue weighted by Gasteiger charge is -2.25. The maximum absolute atomic E-state index is 15.8. The molecule has 1 aliphatic carbocycles. The summed E-state index contributed by atoms with van der Waals surface area (Å²) in [5.41, 5.74) is 4.28. The van der Waals surface area contributed by atoms with E-state index in [2.05, 4.69) is 10.2 Å². The highest BCUT2D eigenvalue weighted by Crippen LogP contribution is 2.52. The van der Waals surface area contributed by atoms with Gasteiger partial charge in [0, 0.05) is 51.6 Å². The van der Waals surface area contributed by atoms with E-state index in [1.54, 1.807) is 65.8 Å². The largest absolute Gasteiger partial charge is 0.356 e. The van der Waals surface area contributed by atoms with Gasteiger partial charge in [-0.25, -0.2) is 18.0 Å². The summed E-state index contributed by atoms with van der Waals surface area (Å²) in [5.74, 6) is -3.30. The number of anilines is 4. The van der Waals surface area contributed by atoms with Gasteiger partial charge in [0.15, 0.2) is 11.6 Å². The molecule has 0 aliphatic heterocycles. The summed E-state index contributed by atoms with van der Waals surface area (Å²) in [4.78, 5) is 6.06. The van der Waals surface area contributed by atoms with Gasteiger partial charge in [0.25, 0.3) is 5.69 Å². The van der Waals surface area contributed by atoms with Gasteiger partial charge in [-0.3, -0.25) is 0 Å². The molecule has 56 heavy (non-hydrogen) atoms. The molecule has 7 rings (SSSR count). The SMILES string of the molecule is [C-]#[N+]c1c(Nc2ccccc2)sc(C(=C2C=CC(=[N+](CC)c3c(F)cccc3F)C=C2)c2ccc(N(CC)c3c(F)cccc3F)cc2)c1-c1ccccc1F. The monoisotopic (exact) mass is 769 g/mol. The Morgan fingerprint density at radius 1 is 0.696 bits per heavy atom. The molecule has 0 radical (unpaired) electrons. The first-order chi connectivity index (χ1) is 27.2. The minimum Gasteiger partial charge on any atom is -0.356 e. The summed E-state index contributed by atoms with van der Waals surface area (Å²) in [6, 6.07) is 30.3. The number of hydrogen-bond acceptors (Lipinski definition) is 3. The molecule has 0 atom stereocenters. The molecule has 0 saturated carbocycles. The summed E-state index contributed by atoms with van der Waals surface area (Å²) in [5, 5.41) is 3.87. The number of hydrogen-bond donors (Lipinski definition) is 1. The van der Waals surface area contributed by atoms with Gasteiger partial charge in [0.05, 0.1) is 11.6 Å². The zero-order valence-corrected chi connectivity index (χ0v) is 31.1. The van der Waals surface area contributed by atoms with Crippen LogP contribution < -0.4 is 10.2 Å². The third-order valence-corrected chi connectivity index (χ3v) is 10.5. The highest BCUT2D eigenvalue weighted by molar-refractivity contribution is 7.18. The average Bonchev–Trinajstić information content (AvgIpc) is 3.56. The normalized spacial score (nSPS) is 12.1. The molecule has 0 fully saturated rings. The average molecular weight is 770 g/mol. The number of thiophene rings is 1. The molecular weight excluding hydrogens is 736 g/mol. The first kappa shape index (κ1) is 37.7. The Kier molecular flexibility index (Phi) is 11.1. The van der Waals surface area contributed by atoms with Crippen LogP contribution in [0.15, 0.2) is 145 Å². The minimum absolute atomic E-state index is 0.173. The minimum atomic E-state index is -0.696. The quantitative estimate of drug-likeness (QED) is 0.0852. The smallest absolute Gasteiger partial charge is 0.277 e. The van der Waals surface area contributed by atoms with Crippen LogP contribution in [0.5, 0.6) is 0 Å². The fourth-order valence-corrected chi connectivity index (χ4v) is 8.10. The molecule has 0 saturated heterocycles. The van der Waals surface area contributed by atoms with Crippen molar-refractivity contribution in [1.29, 1.82) is 0 Å². The Balaban J connectivity index is 1.46. The molecule has 0 amide bonds. The fraction of sp³-hybridized carbons (Fsp3) is 0.0870. The van der Waals surface area contributed by atoms with Gasteiger partial charge in [0.1, 0.15) is 29.7 Å². The lowest BCUT2D eigenvalue weighted by molar-refractivity contribution is -0.439. The van der Waals surface area contributed by atoms with Crippen molar-refractivity contribution in [2.24, 2.45) is 0 Å². The second kappa shape index (κ2) is 16.4. The van der Waals surface area contributed by atoms with Crippen molar-refractivity contribution in [3.63, 3.8) is 0 Å². The van der Waals surface area contributed by atoms with Gasteiger partial charge in [-0.15, -0.1) is 11.3 Å². The Morgan fingerprint density at radius 3 is 1.88 bits per heavy atom.